The van der Waals surface area contributed by atoms with E-state index in [-0.39, 0.29) is 30.1 Å². The number of methoxy groups -OCH3 is 4. The summed E-state index contributed by atoms with van der Waals surface area (Å²) in [7, 11) is 8.69. The molecule has 1 N–H and O–H groups in total. The summed E-state index contributed by atoms with van der Waals surface area (Å²) < 4.78 is 22.8. The van der Waals surface area contributed by atoms with Gasteiger partial charge in [-0.15, -0.1) is 0 Å². The fraction of sp³-hybridized carbons (Fsp3) is 0.405. The number of piperazine rings is 1. The molecule has 0 radical (unpaired) electrons. The topological polar surface area (TPSA) is 96.3 Å². The molecule has 6 rings (SSSR count). The van der Waals surface area contributed by atoms with Crippen molar-refractivity contribution in [3.63, 3.8) is 0 Å². The number of likely N-dealkylation sites (N-methyl/N-ethyl adjacent to an activating group) is 1. The lowest BCUT2D eigenvalue weighted by Gasteiger charge is -2.60. The molecule has 0 spiro atoms. The maximum Gasteiger partial charge on any atom is 0.244 e. The smallest absolute Gasteiger partial charge is 0.244 e. The number of nitrogens with one attached hydrogen (secondary N) is 1. The van der Waals surface area contributed by atoms with Gasteiger partial charge in [0.1, 0.15) is 6.04 Å². The zero-order chi connectivity index (χ0) is 32.5. The fourth-order valence-corrected chi connectivity index (χ4v) is 7.68. The minimum Gasteiger partial charge on any atom is -0.493 e. The number of carbonyl (C=O) groups excluding carboxylic acids is 1. The number of aryl methyl sites for hydroxylation is 1. The molecule has 9 heteroatoms. The Morgan fingerprint density at radius 1 is 0.891 bits per heavy atom. The van der Waals surface area contributed by atoms with Crippen molar-refractivity contribution in [1.29, 1.82) is 5.26 Å². The molecule has 2 bridgehead atoms. The molecule has 5 atom stereocenters. The van der Waals surface area contributed by atoms with Gasteiger partial charge in [0.25, 0.3) is 0 Å². The number of ether oxygens (including phenoxy) is 4. The maximum atomic E-state index is 13.2. The quantitative estimate of drug-likeness (QED) is 0.338. The Balaban J connectivity index is 1.39. The first-order chi connectivity index (χ1) is 22.3. The lowest BCUT2D eigenvalue weighted by Crippen LogP contribution is -2.68. The lowest BCUT2D eigenvalue weighted by atomic mass is 9.72. The molecule has 1 saturated heterocycles. The lowest BCUT2D eigenvalue weighted by molar-refractivity contribution is -0.117. The Hall–Kier alpha value is -4.52. The standard InChI is InChI=1S/C37H42N4O5/c1-7-22-8-10-23(11-9-22)12-13-36(42)39-21-31-26-18-34(45-5)32(43-3)16-24(26)15-29-37-27-19-35(46-6)33(44-4)17-25(27)14-28(40(37)2)30(20-38)41(29)31/h8-13,16-19,28-31,37H,7,14-15,21H2,1-6H3,(H,39,42)/b13-12+/t28-,29-,30-,31-,37+/m0/s1. The molecule has 3 aromatic rings. The van der Waals surface area contributed by atoms with Crippen LogP contribution in [-0.2, 0) is 24.1 Å². The molecule has 3 heterocycles. The summed E-state index contributed by atoms with van der Waals surface area (Å²) in [6, 6.07) is 18.3. The highest BCUT2D eigenvalue weighted by Gasteiger charge is 2.54. The van der Waals surface area contributed by atoms with Crippen molar-refractivity contribution in [2.24, 2.45) is 0 Å². The third kappa shape index (κ3) is 5.46. The van der Waals surface area contributed by atoms with Crippen molar-refractivity contribution >= 4 is 12.0 Å². The second-order valence-electron chi connectivity index (χ2n) is 12.2. The summed E-state index contributed by atoms with van der Waals surface area (Å²) in [5, 5.41) is 13.9. The summed E-state index contributed by atoms with van der Waals surface area (Å²) in [4.78, 5) is 17.9. The minimum atomic E-state index is -0.414. The third-order valence-electron chi connectivity index (χ3n) is 10.00. The van der Waals surface area contributed by atoms with E-state index in [1.54, 1.807) is 34.5 Å². The number of benzene rings is 3. The number of rotatable bonds is 9. The molecule has 0 aliphatic carbocycles. The highest BCUT2D eigenvalue weighted by molar-refractivity contribution is 5.91. The average Bonchev–Trinajstić information content (AvgIpc) is 3.08. The number of fused-ring (bicyclic) bond motifs is 7. The molecule has 1 amide bonds. The first-order valence-corrected chi connectivity index (χ1v) is 15.8. The van der Waals surface area contributed by atoms with Crippen molar-refractivity contribution in [2.45, 2.75) is 56.4 Å². The molecular weight excluding hydrogens is 580 g/mol. The molecule has 3 aliphatic heterocycles. The van der Waals surface area contributed by atoms with Crippen LogP contribution in [0.2, 0.25) is 0 Å². The van der Waals surface area contributed by atoms with Crippen LogP contribution in [0.5, 0.6) is 23.0 Å². The highest BCUT2D eigenvalue weighted by Crippen LogP contribution is 2.52. The molecule has 0 saturated carbocycles. The van der Waals surface area contributed by atoms with Crippen molar-refractivity contribution in [3.05, 3.63) is 88.0 Å². The Kier molecular flexibility index (Phi) is 8.94. The Bertz CT molecular complexity index is 1680. The molecule has 0 unspecified atom stereocenters. The van der Waals surface area contributed by atoms with E-state index >= 15 is 0 Å². The van der Waals surface area contributed by atoms with E-state index in [1.807, 2.05) is 30.3 Å². The number of hydrogen-bond acceptors (Lipinski definition) is 8. The highest BCUT2D eigenvalue weighted by atomic mass is 16.5. The summed E-state index contributed by atoms with van der Waals surface area (Å²) in [6.07, 6.45) is 5.77. The van der Waals surface area contributed by atoms with E-state index in [0.29, 0.717) is 42.4 Å². The van der Waals surface area contributed by atoms with Crippen LogP contribution in [0, 0.1) is 11.3 Å². The number of carbonyl (C=O) groups is 1. The van der Waals surface area contributed by atoms with Crippen molar-refractivity contribution in [3.8, 4) is 29.1 Å². The summed E-state index contributed by atoms with van der Waals surface area (Å²) >= 11 is 0. The molecular formula is C37H42N4O5. The van der Waals surface area contributed by atoms with Gasteiger partial charge in [-0.25, -0.2) is 0 Å². The van der Waals surface area contributed by atoms with Gasteiger partial charge < -0.3 is 24.3 Å². The van der Waals surface area contributed by atoms with Gasteiger partial charge in [0.2, 0.25) is 5.91 Å². The normalized spacial score (nSPS) is 23.5. The van der Waals surface area contributed by atoms with Crippen molar-refractivity contribution in [2.75, 3.05) is 42.0 Å². The number of nitriles is 1. The van der Waals surface area contributed by atoms with E-state index in [4.69, 9.17) is 18.9 Å². The van der Waals surface area contributed by atoms with Crippen LogP contribution >= 0.6 is 0 Å². The largest absolute Gasteiger partial charge is 0.493 e. The molecule has 3 aromatic carbocycles. The van der Waals surface area contributed by atoms with Crippen LogP contribution in [0.4, 0.5) is 0 Å². The van der Waals surface area contributed by atoms with Gasteiger partial charge >= 0.3 is 0 Å². The first-order valence-electron chi connectivity index (χ1n) is 15.8. The molecule has 1 fully saturated rings. The summed E-state index contributed by atoms with van der Waals surface area (Å²) in [6.45, 7) is 2.45. The molecule has 3 aliphatic rings. The zero-order valence-electron chi connectivity index (χ0n) is 27.4. The molecule has 0 aromatic heterocycles. The van der Waals surface area contributed by atoms with Gasteiger partial charge in [0, 0.05) is 24.7 Å². The monoisotopic (exact) mass is 622 g/mol. The van der Waals surface area contributed by atoms with Gasteiger partial charge in [0.15, 0.2) is 23.0 Å². The summed E-state index contributed by atoms with van der Waals surface area (Å²) in [5.74, 6) is 2.47. The van der Waals surface area contributed by atoms with Crippen molar-refractivity contribution in [1.82, 2.24) is 15.1 Å². The molecule has 9 nitrogen and oxygen atoms in total. The Morgan fingerprint density at radius 3 is 2.04 bits per heavy atom. The summed E-state index contributed by atoms with van der Waals surface area (Å²) in [5.41, 5.74) is 6.71. The van der Waals surface area contributed by atoms with E-state index in [2.05, 4.69) is 59.4 Å². The van der Waals surface area contributed by atoms with Gasteiger partial charge in [-0.05, 0) is 90.0 Å². The molecule has 46 heavy (non-hydrogen) atoms. The average molecular weight is 623 g/mol. The van der Waals surface area contributed by atoms with E-state index < -0.39 is 6.04 Å². The van der Waals surface area contributed by atoms with Crippen LogP contribution in [-0.4, -0.2) is 75.9 Å². The van der Waals surface area contributed by atoms with Crippen LogP contribution in [0.1, 0.15) is 52.4 Å². The van der Waals surface area contributed by atoms with Crippen LogP contribution in [0.25, 0.3) is 6.08 Å². The zero-order valence-corrected chi connectivity index (χ0v) is 27.4. The minimum absolute atomic E-state index is 0.0106. The van der Waals surface area contributed by atoms with Gasteiger partial charge in [0.05, 0.1) is 46.6 Å². The second-order valence-corrected chi connectivity index (χ2v) is 12.2. The first kappa shape index (κ1) is 31.5. The Morgan fingerprint density at radius 2 is 1.46 bits per heavy atom. The van der Waals surface area contributed by atoms with E-state index in [1.165, 1.54) is 16.7 Å². The Labute approximate surface area is 271 Å². The van der Waals surface area contributed by atoms with Crippen LogP contribution in [0.3, 0.4) is 0 Å². The number of amides is 1. The maximum absolute atomic E-state index is 13.2. The van der Waals surface area contributed by atoms with Gasteiger partial charge in [-0.3, -0.25) is 14.6 Å². The third-order valence-corrected chi connectivity index (χ3v) is 10.00. The van der Waals surface area contributed by atoms with E-state index in [9.17, 15) is 10.1 Å². The predicted octanol–water partition coefficient (Wildman–Crippen LogP) is 4.88. The fourth-order valence-electron chi connectivity index (χ4n) is 7.68. The van der Waals surface area contributed by atoms with E-state index in [0.717, 1.165) is 23.1 Å². The van der Waals surface area contributed by atoms with Crippen LogP contribution in [0.15, 0.2) is 54.6 Å². The van der Waals surface area contributed by atoms with Gasteiger partial charge in [-0.1, -0.05) is 31.2 Å². The van der Waals surface area contributed by atoms with Gasteiger partial charge in [-0.2, -0.15) is 5.26 Å². The SMILES string of the molecule is CCc1ccc(/C=C/C(=O)NC[C@H]2c3cc(OC)c(OC)cc3C[C@H]3[C@H]4c5cc(OC)c(OC)cc5C[C@@H]([C@H](C#N)N23)N4C)cc1. The number of hydrogen-bond donors (Lipinski definition) is 1. The predicted molar refractivity (Wildman–Crippen MR) is 176 cm³/mol. The van der Waals surface area contributed by atoms with Crippen LogP contribution < -0.4 is 24.3 Å². The molecule has 240 valence electrons. The van der Waals surface area contributed by atoms with Crippen molar-refractivity contribution < 1.29 is 23.7 Å². The second kappa shape index (κ2) is 13.1. The number of nitrogens with zero attached hydrogens (tertiary/aromatic N) is 3.